The highest BCUT2D eigenvalue weighted by Crippen LogP contribution is 2.29. The zero-order valence-corrected chi connectivity index (χ0v) is 14.9. The molecule has 0 saturated carbocycles. The largest absolute Gasteiger partial charge is 0.351 e. The second-order valence-corrected chi connectivity index (χ2v) is 8.58. The quantitative estimate of drug-likeness (QED) is 0.776. The van der Waals surface area contributed by atoms with Gasteiger partial charge in [0, 0.05) is 25.5 Å². The molecule has 0 atom stereocenters. The van der Waals surface area contributed by atoms with Crippen molar-refractivity contribution in [1.82, 2.24) is 29.8 Å². The Balaban J connectivity index is 2.17. The predicted molar refractivity (Wildman–Crippen MR) is 86.3 cm³/mol. The summed E-state index contributed by atoms with van der Waals surface area (Å²) in [7, 11) is -0.435. The molecule has 2 aromatic rings. The summed E-state index contributed by atoms with van der Waals surface area (Å²) in [5.74, 6) is -0.500. The fourth-order valence-corrected chi connectivity index (χ4v) is 3.65. The monoisotopic (exact) mass is 358 g/mol. The van der Waals surface area contributed by atoms with Crippen molar-refractivity contribution in [3.05, 3.63) is 22.3 Å². The summed E-state index contributed by atoms with van der Waals surface area (Å²) in [5.41, 5.74) is 1.29. The van der Waals surface area contributed by atoms with Gasteiger partial charge in [0.1, 0.15) is 11.3 Å². The average Bonchev–Trinajstić information content (AvgIpc) is 3.07. The summed E-state index contributed by atoms with van der Waals surface area (Å²) < 4.78 is 26.0. The van der Waals surface area contributed by atoms with E-state index in [1.165, 1.54) is 36.4 Å². The Morgan fingerprint density at radius 3 is 2.65 bits per heavy atom. The van der Waals surface area contributed by atoms with Crippen molar-refractivity contribution in [2.75, 3.05) is 26.4 Å². The minimum absolute atomic E-state index is 0.0305. The first-order valence-corrected chi connectivity index (χ1v) is 9.18. The number of thiophene rings is 1. The number of carbonyl (C=O) groups is 1. The molecule has 0 aliphatic rings. The molecule has 1 N–H and O–H groups in total. The minimum Gasteiger partial charge on any atom is -0.351 e. The zero-order valence-electron chi connectivity index (χ0n) is 13.3. The highest BCUT2D eigenvalue weighted by Gasteiger charge is 2.22. The molecule has 2 rings (SSSR count). The molecule has 0 saturated heterocycles. The number of aryl methyl sites for hydroxylation is 1. The maximum Gasteiger partial charge on any atom is 0.254 e. The molecule has 11 heteroatoms. The van der Waals surface area contributed by atoms with Crippen LogP contribution in [0.5, 0.6) is 0 Å². The van der Waals surface area contributed by atoms with E-state index in [0.29, 0.717) is 10.6 Å². The standard InChI is InChI=1S/C12H18N6O3S2/c1-8-9(2)22-12(18-7-14-15-16-18)10(8)11(19)13-5-6-23(20,21)17(3)4/h7H,5-6H2,1-4H3,(H,13,19). The molecular formula is C12H18N6O3S2. The summed E-state index contributed by atoms with van der Waals surface area (Å²) in [6, 6.07) is 0. The minimum atomic E-state index is -3.35. The van der Waals surface area contributed by atoms with E-state index in [0.717, 1.165) is 14.7 Å². The molecule has 23 heavy (non-hydrogen) atoms. The number of hydrogen-bond donors (Lipinski definition) is 1. The maximum atomic E-state index is 12.5. The first-order valence-electron chi connectivity index (χ1n) is 6.75. The Labute approximate surface area is 138 Å². The molecule has 2 heterocycles. The summed E-state index contributed by atoms with van der Waals surface area (Å²) >= 11 is 1.40. The van der Waals surface area contributed by atoms with Crippen molar-refractivity contribution in [2.24, 2.45) is 0 Å². The summed E-state index contributed by atoms with van der Waals surface area (Å²) in [4.78, 5) is 13.4. The van der Waals surface area contributed by atoms with Crippen LogP contribution < -0.4 is 5.32 Å². The molecule has 2 aromatic heterocycles. The predicted octanol–water partition coefficient (Wildman–Crippen LogP) is -0.0382. The smallest absolute Gasteiger partial charge is 0.254 e. The van der Waals surface area contributed by atoms with E-state index in [-0.39, 0.29) is 18.2 Å². The zero-order chi connectivity index (χ0) is 17.2. The van der Waals surface area contributed by atoms with Gasteiger partial charge < -0.3 is 5.32 Å². The molecule has 0 aliphatic heterocycles. The highest BCUT2D eigenvalue weighted by molar-refractivity contribution is 7.89. The van der Waals surface area contributed by atoms with Crippen molar-refractivity contribution in [1.29, 1.82) is 0 Å². The Morgan fingerprint density at radius 2 is 2.09 bits per heavy atom. The number of amides is 1. The van der Waals surface area contributed by atoms with Crippen LogP contribution in [-0.2, 0) is 10.0 Å². The Bertz CT molecular complexity index is 795. The normalized spacial score (nSPS) is 11.9. The van der Waals surface area contributed by atoms with Gasteiger partial charge in [0.2, 0.25) is 10.0 Å². The van der Waals surface area contributed by atoms with Gasteiger partial charge in [0.05, 0.1) is 11.3 Å². The molecule has 126 valence electrons. The lowest BCUT2D eigenvalue weighted by atomic mass is 10.1. The van der Waals surface area contributed by atoms with Gasteiger partial charge in [-0.25, -0.2) is 12.7 Å². The van der Waals surface area contributed by atoms with Crippen molar-refractivity contribution < 1.29 is 13.2 Å². The molecule has 0 bridgehead atoms. The highest BCUT2D eigenvalue weighted by atomic mass is 32.2. The van der Waals surface area contributed by atoms with Crippen LogP contribution in [0.1, 0.15) is 20.8 Å². The van der Waals surface area contributed by atoms with Crippen LogP contribution in [0, 0.1) is 13.8 Å². The molecule has 0 spiro atoms. The molecular weight excluding hydrogens is 340 g/mol. The van der Waals surface area contributed by atoms with E-state index in [9.17, 15) is 13.2 Å². The van der Waals surface area contributed by atoms with Crippen LogP contribution >= 0.6 is 11.3 Å². The van der Waals surface area contributed by atoms with Gasteiger partial charge in [0.15, 0.2) is 0 Å². The van der Waals surface area contributed by atoms with E-state index in [2.05, 4.69) is 20.8 Å². The Morgan fingerprint density at radius 1 is 1.39 bits per heavy atom. The van der Waals surface area contributed by atoms with Gasteiger partial charge in [-0.2, -0.15) is 4.68 Å². The fourth-order valence-electron chi connectivity index (χ4n) is 1.86. The van der Waals surface area contributed by atoms with Crippen molar-refractivity contribution in [3.63, 3.8) is 0 Å². The number of nitrogens with one attached hydrogen (secondary N) is 1. The van der Waals surface area contributed by atoms with Crippen LogP contribution in [0.2, 0.25) is 0 Å². The average molecular weight is 358 g/mol. The summed E-state index contributed by atoms with van der Waals surface area (Å²) in [6.07, 6.45) is 1.41. The number of nitrogens with zero attached hydrogens (tertiary/aromatic N) is 5. The lowest BCUT2D eigenvalue weighted by Crippen LogP contribution is -2.34. The SMILES string of the molecule is Cc1sc(-n2cnnn2)c(C(=O)NCCS(=O)(=O)N(C)C)c1C. The molecule has 1 amide bonds. The van der Waals surface area contributed by atoms with E-state index >= 15 is 0 Å². The van der Waals surface area contributed by atoms with Crippen LogP contribution in [0.15, 0.2) is 6.33 Å². The summed E-state index contributed by atoms with van der Waals surface area (Å²) in [6.45, 7) is 3.77. The van der Waals surface area contributed by atoms with Crippen molar-refractivity contribution >= 4 is 27.3 Å². The molecule has 0 radical (unpaired) electrons. The maximum absolute atomic E-state index is 12.5. The molecule has 0 unspecified atom stereocenters. The van der Waals surface area contributed by atoms with Crippen molar-refractivity contribution in [2.45, 2.75) is 13.8 Å². The second-order valence-electron chi connectivity index (χ2n) is 5.07. The Hall–Kier alpha value is -1.85. The number of aromatic nitrogens is 4. The third-order valence-corrected chi connectivity index (χ3v) is 6.38. The number of carbonyl (C=O) groups excluding carboxylic acids is 1. The molecule has 0 fully saturated rings. The van der Waals surface area contributed by atoms with Gasteiger partial charge in [-0.05, 0) is 29.8 Å². The third-order valence-electron chi connectivity index (χ3n) is 3.35. The van der Waals surface area contributed by atoms with E-state index in [4.69, 9.17) is 0 Å². The van der Waals surface area contributed by atoms with Gasteiger partial charge in [-0.3, -0.25) is 4.79 Å². The number of tetrazole rings is 1. The van der Waals surface area contributed by atoms with E-state index in [1.54, 1.807) is 0 Å². The second kappa shape index (κ2) is 6.72. The first kappa shape index (κ1) is 17.5. The molecule has 0 aromatic carbocycles. The topological polar surface area (TPSA) is 110 Å². The van der Waals surface area contributed by atoms with Crippen LogP contribution in [-0.4, -0.2) is 65.2 Å². The first-order chi connectivity index (χ1) is 10.7. The van der Waals surface area contributed by atoms with Gasteiger partial charge in [0.25, 0.3) is 5.91 Å². The van der Waals surface area contributed by atoms with Gasteiger partial charge >= 0.3 is 0 Å². The van der Waals surface area contributed by atoms with Crippen molar-refractivity contribution in [3.8, 4) is 5.00 Å². The molecule has 9 nitrogen and oxygen atoms in total. The third kappa shape index (κ3) is 3.74. The number of hydrogen-bond acceptors (Lipinski definition) is 7. The number of rotatable bonds is 6. The fraction of sp³-hybridized carbons (Fsp3) is 0.500. The lowest BCUT2D eigenvalue weighted by Gasteiger charge is -2.12. The summed E-state index contributed by atoms with van der Waals surface area (Å²) in [5, 5.41) is 14.2. The van der Waals surface area contributed by atoms with Gasteiger partial charge in [-0.1, -0.05) is 0 Å². The van der Waals surface area contributed by atoms with E-state index in [1.807, 2.05) is 13.8 Å². The van der Waals surface area contributed by atoms with Crippen LogP contribution in [0.25, 0.3) is 5.00 Å². The van der Waals surface area contributed by atoms with Crippen LogP contribution in [0.4, 0.5) is 0 Å². The number of sulfonamides is 1. The molecule has 0 aliphatic carbocycles. The lowest BCUT2D eigenvalue weighted by molar-refractivity contribution is 0.0955. The Kier molecular flexibility index (Phi) is 5.12. The van der Waals surface area contributed by atoms with Gasteiger partial charge in [-0.15, -0.1) is 16.4 Å². The van der Waals surface area contributed by atoms with Crippen LogP contribution in [0.3, 0.4) is 0 Å². The van der Waals surface area contributed by atoms with E-state index < -0.39 is 10.0 Å².